The van der Waals surface area contributed by atoms with Crippen molar-refractivity contribution in [3.05, 3.63) is 0 Å². The second kappa shape index (κ2) is 10.2. The van der Waals surface area contributed by atoms with Crippen LogP contribution in [-0.2, 0) is 0 Å². The molecule has 74 valence electrons. The first kappa shape index (κ1) is 13.8. The minimum Gasteiger partial charge on any atom is -0.450 e. The summed E-state index contributed by atoms with van der Waals surface area (Å²) in [5.74, 6) is 0.349. The van der Waals surface area contributed by atoms with Gasteiger partial charge in [0.15, 0.2) is 0 Å². The molecule has 0 bridgehead atoms. The van der Waals surface area contributed by atoms with E-state index in [1.165, 1.54) is 0 Å². The average Bonchev–Trinajstić information content (AvgIpc) is 1.99. The zero-order chi connectivity index (χ0) is 9.98. The molecular formula is C7H16O5. The summed E-state index contributed by atoms with van der Waals surface area (Å²) in [5, 5.41) is 30.8. The van der Waals surface area contributed by atoms with E-state index in [1.807, 2.05) is 6.92 Å². The van der Waals surface area contributed by atoms with E-state index in [9.17, 15) is 0 Å². The Bertz CT molecular complexity index is 100.0. The fraction of sp³-hybridized carbons (Fsp3) is 0.857. The smallest absolute Gasteiger partial charge is 0.450 e. The Morgan fingerprint density at radius 3 is 2.00 bits per heavy atom. The van der Waals surface area contributed by atoms with Crippen LogP contribution in [0, 0.1) is 5.92 Å². The molecule has 0 fully saturated rings. The molecule has 0 amide bonds. The van der Waals surface area contributed by atoms with Crippen molar-refractivity contribution >= 4 is 6.16 Å². The highest BCUT2D eigenvalue weighted by Gasteiger charge is 1.96. The molecule has 0 aromatic heterocycles. The minimum atomic E-state index is -1.83. The van der Waals surface area contributed by atoms with Gasteiger partial charge in [-0.2, -0.15) is 0 Å². The topological polar surface area (TPSA) is 98.0 Å². The van der Waals surface area contributed by atoms with Crippen molar-refractivity contribution in [2.45, 2.75) is 19.8 Å². The molecular weight excluding hydrogens is 164 g/mol. The van der Waals surface area contributed by atoms with Gasteiger partial charge >= 0.3 is 6.16 Å². The van der Waals surface area contributed by atoms with Crippen molar-refractivity contribution < 1.29 is 25.2 Å². The summed E-state index contributed by atoms with van der Waals surface area (Å²) < 4.78 is 0. The Kier molecular flexibility index (Phi) is 11.7. The van der Waals surface area contributed by atoms with Gasteiger partial charge in [0.1, 0.15) is 0 Å². The van der Waals surface area contributed by atoms with Crippen LogP contribution in [-0.4, -0.2) is 39.8 Å². The van der Waals surface area contributed by atoms with Crippen LogP contribution in [0.15, 0.2) is 0 Å². The van der Waals surface area contributed by atoms with E-state index in [-0.39, 0.29) is 13.2 Å². The van der Waals surface area contributed by atoms with Gasteiger partial charge in [0, 0.05) is 13.2 Å². The fourth-order valence-corrected chi connectivity index (χ4v) is 0.531. The SMILES string of the molecule is CC(CO)CCCO.O=C(O)O. The van der Waals surface area contributed by atoms with Crippen LogP contribution in [0.3, 0.4) is 0 Å². The second-order valence-corrected chi connectivity index (χ2v) is 2.44. The summed E-state index contributed by atoms with van der Waals surface area (Å²) in [6.45, 7) is 2.44. The molecule has 5 nitrogen and oxygen atoms in total. The van der Waals surface area contributed by atoms with Crippen LogP contribution in [0.2, 0.25) is 0 Å². The van der Waals surface area contributed by atoms with Crippen molar-refractivity contribution in [1.82, 2.24) is 0 Å². The number of carboxylic acid groups (broad SMARTS) is 2. The van der Waals surface area contributed by atoms with E-state index in [1.54, 1.807) is 0 Å². The van der Waals surface area contributed by atoms with E-state index in [2.05, 4.69) is 0 Å². The lowest BCUT2D eigenvalue weighted by molar-refractivity contribution is 0.137. The molecule has 0 aromatic rings. The van der Waals surface area contributed by atoms with E-state index < -0.39 is 6.16 Å². The number of aliphatic hydroxyl groups excluding tert-OH is 2. The molecule has 4 N–H and O–H groups in total. The van der Waals surface area contributed by atoms with Crippen molar-refractivity contribution in [2.75, 3.05) is 13.2 Å². The van der Waals surface area contributed by atoms with Gasteiger partial charge in [-0.3, -0.25) is 0 Å². The molecule has 5 heteroatoms. The summed E-state index contributed by atoms with van der Waals surface area (Å²) in [4.78, 5) is 8.56. The first-order valence-electron chi connectivity index (χ1n) is 3.68. The van der Waals surface area contributed by atoms with Gasteiger partial charge < -0.3 is 20.4 Å². The third-order valence-corrected chi connectivity index (χ3v) is 1.17. The number of carbonyl (C=O) groups is 1. The normalized spacial score (nSPS) is 11.2. The van der Waals surface area contributed by atoms with Crippen LogP contribution in [0.1, 0.15) is 19.8 Å². The average molecular weight is 180 g/mol. The van der Waals surface area contributed by atoms with Gasteiger partial charge in [-0.05, 0) is 18.8 Å². The van der Waals surface area contributed by atoms with Crippen LogP contribution >= 0.6 is 0 Å². The van der Waals surface area contributed by atoms with Crippen molar-refractivity contribution in [3.63, 3.8) is 0 Å². The molecule has 0 radical (unpaired) electrons. The molecule has 1 unspecified atom stereocenters. The van der Waals surface area contributed by atoms with Crippen LogP contribution in [0.25, 0.3) is 0 Å². The summed E-state index contributed by atoms with van der Waals surface area (Å²) in [6, 6.07) is 0. The Labute approximate surface area is 71.3 Å². The quantitative estimate of drug-likeness (QED) is 0.508. The third-order valence-electron chi connectivity index (χ3n) is 1.17. The Hall–Kier alpha value is -0.810. The van der Waals surface area contributed by atoms with Crippen LogP contribution in [0.5, 0.6) is 0 Å². The van der Waals surface area contributed by atoms with Crippen LogP contribution in [0.4, 0.5) is 4.79 Å². The maximum Gasteiger partial charge on any atom is 0.503 e. The predicted octanol–water partition coefficient (Wildman–Crippen LogP) is 0.610. The number of hydrogen-bond donors (Lipinski definition) is 4. The van der Waals surface area contributed by atoms with Crippen molar-refractivity contribution in [3.8, 4) is 0 Å². The van der Waals surface area contributed by atoms with Gasteiger partial charge in [-0.1, -0.05) is 6.92 Å². The largest absolute Gasteiger partial charge is 0.503 e. The zero-order valence-corrected chi connectivity index (χ0v) is 7.10. The van der Waals surface area contributed by atoms with Crippen molar-refractivity contribution in [1.29, 1.82) is 0 Å². The Morgan fingerprint density at radius 1 is 1.33 bits per heavy atom. The highest BCUT2D eigenvalue weighted by molar-refractivity contribution is 5.53. The highest BCUT2D eigenvalue weighted by atomic mass is 16.6. The summed E-state index contributed by atoms with van der Waals surface area (Å²) in [6.07, 6.45) is -0.102. The molecule has 0 aliphatic heterocycles. The maximum atomic E-state index is 8.56. The van der Waals surface area contributed by atoms with Gasteiger partial charge in [0.2, 0.25) is 0 Å². The first-order valence-corrected chi connectivity index (χ1v) is 3.68. The van der Waals surface area contributed by atoms with E-state index in [0.29, 0.717) is 5.92 Å². The zero-order valence-electron chi connectivity index (χ0n) is 7.10. The molecule has 0 heterocycles. The first-order chi connectivity index (χ1) is 5.54. The molecule has 0 spiro atoms. The molecule has 12 heavy (non-hydrogen) atoms. The third kappa shape index (κ3) is 22.9. The minimum absolute atomic E-state index is 0.236. The molecule has 0 rings (SSSR count). The number of rotatable bonds is 4. The van der Waals surface area contributed by atoms with Gasteiger partial charge in [-0.25, -0.2) is 4.79 Å². The summed E-state index contributed by atoms with van der Waals surface area (Å²) in [7, 11) is 0. The molecule has 1 atom stereocenters. The number of hydrogen-bond acceptors (Lipinski definition) is 3. The van der Waals surface area contributed by atoms with E-state index >= 15 is 0 Å². The lowest BCUT2D eigenvalue weighted by atomic mass is 10.1. The molecule has 0 aliphatic rings. The van der Waals surface area contributed by atoms with Crippen molar-refractivity contribution in [2.24, 2.45) is 5.92 Å². The van der Waals surface area contributed by atoms with E-state index in [4.69, 9.17) is 25.2 Å². The van der Waals surface area contributed by atoms with Gasteiger partial charge in [-0.15, -0.1) is 0 Å². The summed E-state index contributed by atoms with van der Waals surface area (Å²) in [5.41, 5.74) is 0. The van der Waals surface area contributed by atoms with Crippen LogP contribution < -0.4 is 0 Å². The number of aliphatic hydroxyl groups is 2. The maximum absolute atomic E-state index is 8.56. The molecule has 0 aliphatic carbocycles. The Balaban J connectivity index is 0. The fourth-order valence-electron chi connectivity index (χ4n) is 0.531. The predicted molar refractivity (Wildman–Crippen MR) is 43.2 cm³/mol. The van der Waals surface area contributed by atoms with E-state index in [0.717, 1.165) is 12.8 Å². The lowest BCUT2D eigenvalue weighted by Crippen LogP contribution is -2.00. The monoisotopic (exact) mass is 180 g/mol. The summed E-state index contributed by atoms with van der Waals surface area (Å²) >= 11 is 0. The Morgan fingerprint density at radius 2 is 1.75 bits per heavy atom. The molecule has 0 aromatic carbocycles. The van der Waals surface area contributed by atoms with Gasteiger partial charge in [0.25, 0.3) is 0 Å². The standard InChI is InChI=1S/C6H14O2.CH2O3/c1-6(5-8)3-2-4-7;2-1(3)4/h6-8H,2-5H2,1H3;(H2,2,3,4). The van der Waals surface area contributed by atoms with Gasteiger partial charge in [0.05, 0.1) is 0 Å². The second-order valence-electron chi connectivity index (χ2n) is 2.44. The molecule has 0 saturated carbocycles. The molecule has 0 saturated heterocycles. The highest BCUT2D eigenvalue weighted by Crippen LogP contribution is 2.01. The lowest BCUT2D eigenvalue weighted by Gasteiger charge is -2.03.